The fourth-order valence-electron chi connectivity index (χ4n) is 2.09. The molecule has 4 N–H and O–H groups in total. The molecule has 0 aliphatic rings. The summed E-state index contributed by atoms with van der Waals surface area (Å²) >= 11 is 0.804. The minimum atomic E-state index is -1.58. The molecule has 0 aliphatic heterocycles. The molecule has 174 valence electrons. The first-order valence-electron chi connectivity index (χ1n) is 8.98. The molecular formula is C17H25N3O10S. The summed E-state index contributed by atoms with van der Waals surface area (Å²) in [7, 11) is 0.968. The van der Waals surface area contributed by atoms with Gasteiger partial charge in [-0.05, 0) is 13.3 Å². The fraction of sp³-hybridized carbons (Fsp3) is 0.588. The highest BCUT2D eigenvalue weighted by molar-refractivity contribution is 8.00. The Kier molecular flexibility index (Phi) is 12.5. The van der Waals surface area contributed by atoms with Crippen molar-refractivity contribution in [2.45, 2.75) is 38.8 Å². The zero-order valence-electron chi connectivity index (χ0n) is 17.2. The summed E-state index contributed by atoms with van der Waals surface area (Å²) in [5.41, 5.74) is 0. The molecule has 0 spiro atoms. The highest BCUT2D eigenvalue weighted by Gasteiger charge is 2.29. The number of carboxylic acids is 1. The lowest BCUT2D eigenvalue weighted by molar-refractivity contribution is -0.152. The second-order valence-electron chi connectivity index (χ2n) is 6.09. The maximum atomic E-state index is 12.3. The zero-order valence-corrected chi connectivity index (χ0v) is 18.0. The zero-order chi connectivity index (χ0) is 24.1. The van der Waals surface area contributed by atoms with Gasteiger partial charge in [0.05, 0.1) is 12.4 Å². The number of thioether (sulfide) groups is 1. The minimum Gasteiger partial charge on any atom is -0.480 e. The van der Waals surface area contributed by atoms with Crippen LogP contribution in [0.25, 0.3) is 0 Å². The molecule has 31 heavy (non-hydrogen) atoms. The summed E-state index contributed by atoms with van der Waals surface area (Å²) < 4.78 is 4.54. The predicted octanol–water partition coefficient (Wildman–Crippen LogP) is -1.16. The van der Waals surface area contributed by atoms with Crippen LogP contribution in [0.4, 0.5) is 4.79 Å². The van der Waals surface area contributed by atoms with E-state index in [4.69, 9.17) is 10.2 Å². The van der Waals surface area contributed by atoms with Crippen LogP contribution in [0.15, 0.2) is 0 Å². The number of carbonyl (C=O) groups excluding carboxylic acids is 5. The van der Waals surface area contributed by atoms with Crippen molar-refractivity contribution < 1.29 is 48.5 Å². The Morgan fingerprint density at radius 3 is 2.13 bits per heavy atom. The number of nitrogens with zero attached hydrogens (tertiary/aromatic N) is 1. The Morgan fingerprint density at radius 1 is 1.03 bits per heavy atom. The number of nitrogens with one attached hydrogen (secondary N) is 2. The number of hydrogen-bond donors (Lipinski definition) is 4. The van der Waals surface area contributed by atoms with Crippen molar-refractivity contribution in [3.8, 4) is 0 Å². The normalized spacial score (nSPS) is 12.1. The van der Waals surface area contributed by atoms with Gasteiger partial charge in [0.1, 0.15) is 12.1 Å². The third kappa shape index (κ3) is 11.0. The van der Waals surface area contributed by atoms with Gasteiger partial charge in [0.2, 0.25) is 17.6 Å². The van der Waals surface area contributed by atoms with Crippen molar-refractivity contribution in [2.24, 2.45) is 0 Å². The van der Waals surface area contributed by atoms with E-state index < -0.39 is 53.6 Å². The third-order valence-electron chi connectivity index (χ3n) is 3.61. The lowest BCUT2D eigenvalue weighted by Crippen LogP contribution is -2.50. The molecule has 0 bridgehead atoms. The van der Waals surface area contributed by atoms with Crippen molar-refractivity contribution in [3.05, 3.63) is 0 Å². The molecule has 0 fully saturated rings. The maximum absolute atomic E-state index is 12.3. The lowest BCUT2D eigenvalue weighted by atomic mass is 10.1. The van der Waals surface area contributed by atoms with Crippen LogP contribution < -0.4 is 10.6 Å². The Labute approximate surface area is 181 Å². The van der Waals surface area contributed by atoms with Crippen molar-refractivity contribution in [1.82, 2.24) is 15.5 Å². The van der Waals surface area contributed by atoms with Gasteiger partial charge in [-0.25, -0.2) is 19.3 Å². The van der Waals surface area contributed by atoms with Gasteiger partial charge < -0.3 is 25.6 Å². The van der Waals surface area contributed by atoms with Crippen LogP contribution in [0.1, 0.15) is 26.7 Å². The van der Waals surface area contributed by atoms with Crippen LogP contribution in [0.3, 0.4) is 0 Å². The molecule has 2 atom stereocenters. The largest absolute Gasteiger partial charge is 0.480 e. The number of ether oxygens (including phenoxy) is 1. The average Bonchev–Trinajstić information content (AvgIpc) is 2.68. The van der Waals surface area contributed by atoms with Crippen LogP contribution >= 0.6 is 11.8 Å². The van der Waals surface area contributed by atoms with Gasteiger partial charge in [-0.3, -0.25) is 19.2 Å². The Hall–Kier alpha value is -3.16. The van der Waals surface area contributed by atoms with Crippen LogP contribution in [-0.2, 0) is 33.5 Å². The summed E-state index contributed by atoms with van der Waals surface area (Å²) in [5.74, 6) is -6.24. The average molecular weight is 463 g/mol. The number of hydrogen-bond acceptors (Lipinski definition) is 9. The van der Waals surface area contributed by atoms with E-state index in [0.717, 1.165) is 25.7 Å². The Morgan fingerprint density at radius 2 is 1.65 bits per heavy atom. The number of likely N-dealkylation sites (N-methyl/N-ethyl adjacent to an activating group) is 1. The number of aliphatic carboxylic acids is 1. The van der Waals surface area contributed by atoms with Crippen molar-refractivity contribution in [3.63, 3.8) is 0 Å². The lowest BCUT2D eigenvalue weighted by Gasteiger charge is -2.21. The first-order chi connectivity index (χ1) is 14.4. The topological polar surface area (TPSA) is 196 Å². The molecule has 0 aromatic rings. The first-order valence-corrected chi connectivity index (χ1v) is 10.1. The SMILES string of the molecule is CCOC(=O)C(=O)CSCC(NC(=O)CCC(NC(C)=O)C(=O)O)C(=O)N(C)C(=O)O. The molecule has 14 heteroatoms. The van der Waals surface area contributed by atoms with Crippen molar-refractivity contribution in [1.29, 1.82) is 0 Å². The number of ketones is 1. The second kappa shape index (κ2) is 14.0. The van der Waals surface area contributed by atoms with E-state index in [-0.39, 0.29) is 31.0 Å². The number of imide groups is 1. The molecule has 0 aliphatic carbocycles. The first kappa shape index (κ1) is 27.8. The Balaban J connectivity index is 5.03. The number of carboxylic acid groups (broad SMARTS) is 2. The van der Waals surface area contributed by atoms with Gasteiger partial charge >= 0.3 is 18.0 Å². The monoisotopic (exact) mass is 463 g/mol. The minimum absolute atomic E-state index is 0.00559. The smallest absolute Gasteiger partial charge is 0.413 e. The summed E-state index contributed by atoms with van der Waals surface area (Å²) in [6, 6.07) is -2.69. The number of Topliss-reactive ketones (excluding diaryl/α,β-unsaturated/α-hetero) is 1. The molecule has 2 unspecified atom stereocenters. The molecule has 0 aromatic carbocycles. The van der Waals surface area contributed by atoms with Gasteiger partial charge in [-0.1, -0.05) is 0 Å². The molecule has 4 amide bonds. The summed E-state index contributed by atoms with van der Waals surface area (Å²) in [4.78, 5) is 80.9. The number of rotatable bonds is 13. The van der Waals surface area contributed by atoms with Gasteiger partial charge in [0, 0.05) is 26.1 Å². The van der Waals surface area contributed by atoms with Gasteiger partial charge in [0.25, 0.3) is 5.91 Å². The number of carbonyl (C=O) groups is 7. The standard InChI is InChI=1S/C17H25N3O10S/c1-4-30-16(27)12(22)8-31-7-11(14(24)20(3)17(28)29)19-13(23)6-5-10(15(25)26)18-9(2)21/h10-11H,4-8H2,1-3H3,(H,18,21)(H,19,23)(H,25,26)(H,28,29). The molecule has 0 aromatic heterocycles. The van der Waals surface area contributed by atoms with E-state index in [2.05, 4.69) is 15.4 Å². The number of amides is 4. The highest BCUT2D eigenvalue weighted by Crippen LogP contribution is 2.08. The van der Waals surface area contributed by atoms with Crippen LogP contribution in [-0.4, -0.2) is 93.9 Å². The van der Waals surface area contributed by atoms with Gasteiger partial charge in [0.15, 0.2) is 0 Å². The summed E-state index contributed by atoms with van der Waals surface area (Å²) in [6.07, 6.45) is -2.23. The molecule has 0 saturated heterocycles. The second-order valence-corrected chi connectivity index (χ2v) is 7.12. The van der Waals surface area contributed by atoms with E-state index in [0.29, 0.717) is 4.90 Å². The van der Waals surface area contributed by atoms with Crippen LogP contribution in [0.2, 0.25) is 0 Å². The van der Waals surface area contributed by atoms with Crippen LogP contribution in [0, 0.1) is 0 Å². The third-order valence-corrected chi connectivity index (χ3v) is 4.64. The molecule has 13 nitrogen and oxygen atoms in total. The van der Waals surface area contributed by atoms with Crippen molar-refractivity contribution >= 4 is 53.3 Å². The van der Waals surface area contributed by atoms with Crippen molar-refractivity contribution in [2.75, 3.05) is 25.2 Å². The van der Waals surface area contributed by atoms with E-state index >= 15 is 0 Å². The van der Waals surface area contributed by atoms with E-state index in [1.54, 1.807) is 0 Å². The van der Waals surface area contributed by atoms with E-state index in [1.165, 1.54) is 6.92 Å². The predicted molar refractivity (Wildman–Crippen MR) is 106 cm³/mol. The van der Waals surface area contributed by atoms with E-state index in [9.17, 15) is 33.6 Å². The number of esters is 1. The van der Waals surface area contributed by atoms with Gasteiger partial charge in [-0.2, -0.15) is 11.8 Å². The molecular weight excluding hydrogens is 438 g/mol. The maximum Gasteiger partial charge on any atom is 0.413 e. The highest BCUT2D eigenvalue weighted by atomic mass is 32.2. The fourth-order valence-corrected chi connectivity index (χ4v) is 2.97. The molecule has 0 radical (unpaired) electrons. The summed E-state index contributed by atoms with van der Waals surface area (Å²) in [6.45, 7) is 2.64. The summed E-state index contributed by atoms with van der Waals surface area (Å²) in [5, 5.41) is 22.4. The quantitative estimate of drug-likeness (QED) is 0.190. The molecule has 0 saturated carbocycles. The van der Waals surface area contributed by atoms with Crippen LogP contribution in [0.5, 0.6) is 0 Å². The molecule has 0 heterocycles. The molecule has 0 rings (SSSR count). The van der Waals surface area contributed by atoms with Gasteiger partial charge in [-0.15, -0.1) is 0 Å². The Bertz CT molecular complexity index is 727. The van der Waals surface area contributed by atoms with E-state index in [1.807, 2.05) is 0 Å².